The third kappa shape index (κ3) is 3.64. The summed E-state index contributed by atoms with van der Waals surface area (Å²) in [7, 11) is 0. The summed E-state index contributed by atoms with van der Waals surface area (Å²) < 4.78 is 16.2. The Kier molecular flexibility index (Phi) is 5.25. The van der Waals surface area contributed by atoms with Crippen LogP contribution in [0, 0.1) is 0 Å². The highest BCUT2D eigenvalue weighted by atomic mass is 16.5. The first-order chi connectivity index (χ1) is 11.6. The van der Waals surface area contributed by atoms with Gasteiger partial charge in [0.25, 0.3) is 0 Å². The highest BCUT2D eigenvalue weighted by Gasteiger charge is 2.31. The topological polar surface area (TPSA) is 90.3 Å². The molecule has 1 saturated heterocycles. The van der Waals surface area contributed by atoms with Crippen LogP contribution < -0.4 is 0 Å². The van der Waals surface area contributed by atoms with Gasteiger partial charge in [-0.25, -0.2) is 0 Å². The number of likely N-dealkylation sites (tertiary alicyclic amines) is 1. The molecule has 0 aliphatic carbocycles. The Morgan fingerprint density at radius 3 is 2.75 bits per heavy atom. The van der Waals surface area contributed by atoms with E-state index in [1.807, 2.05) is 27.7 Å². The van der Waals surface area contributed by atoms with Crippen LogP contribution in [0.5, 0.6) is 0 Å². The zero-order valence-electron chi connectivity index (χ0n) is 14.7. The summed E-state index contributed by atoms with van der Waals surface area (Å²) in [6.45, 7) is 10.1. The Balaban J connectivity index is 1.67. The fourth-order valence-electron chi connectivity index (χ4n) is 2.92. The molecule has 24 heavy (non-hydrogen) atoms. The fraction of sp³-hybridized carbons (Fsp3) is 0.750. The van der Waals surface area contributed by atoms with Crippen molar-refractivity contribution in [1.29, 1.82) is 0 Å². The van der Waals surface area contributed by atoms with Gasteiger partial charge >= 0.3 is 0 Å². The summed E-state index contributed by atoms with van der Waals surface area (Å²) in [6, 6.07) is 0.140. The molecular weight excluding hydrogens is 310 g/mol. The van der Waals surface area contributed by atoms with E-state index >= 15 is 0 Å². The van der Waals surface area contributed by atoms with Gasteiger partial charge in [-0.15, -0.1) is 0 Å². The van der Waals surface area contributed by atoms with Gasteiger partial charge in [0.2, 0.25) is 11.8 Å². The normalized spacial score (nSPS) is 20.1. The van der Waals surface area contributed by atoms with Crippen molar-refractivity contribution in [2.45, 2.75) is 65.1 Å². The lowest BCUT2D eigenvalue weighted by atomic mass is 10.2. The highest BCUT2D eigenvalue weighted by molar-refractivity contribution is 5.01. The molecule has 8 heteroatoms. The minimum Gasteiger partial charge on any atom is -0.371 e. The standard InChI is InChI=1S/C16H25N5O3/c1-5-22-11(4)14-17-13(23-19-14)9-21-8-6-7-12(21)15-18-16(10(2)3)24-20-15/h10-12H,5-9H2,1-4H3/t11-,12-/m1/s1. The average molecular weight is 335 g/mol. The van der Waals surface area contributed by atoms with Gasteiger partial charge < -0.3 is 13.8 Å². The van der Waals surface area contributed by atoms with Crippen LogP contribution in [0.15, 0.2) is 9.05 Å². The maximum atomic E-state index is 5.50. The summed E-state index contributed by atoms with van der Waals surface area (Å²) in [4.78, 5) is 11.2. The second-order valence-corrected chi connectivity index (χ2v) is 6.42. The van der Waals surface area contributed by atoms with E-state index in [9.17, 15) is 0 Å². The third-order valence-corrected chi connectivity index (χ3v) is 4.22. The number of rotatable bonds is 7. The van der Waals surface area contributed by atoms with Gasteiger partial charge in [0.05, 0.1) is 12.6 Å². The zero-order valence-corrected chi connectivity index (χ0v) is 14.7. The lowest BCUT2D eigenvalue weighted by molar-refractivity contribution is 0.0683. The lowest BCUT2D eigenvalue weighted by Crippen LogP contribution is -2.23. The van der Waals surface area contributed by atoms with Crippen molar-refractivity contribution in [3.8, 4) is 0 Å². The van der Waals surface area contributed by atoms with Crippen LogP contribution >= 0.6 is 0 Å². The Morgan fingerprint density at radius 1 is 1.21 bits per heavy atom. The number of aromatic nitrogens is 4. The van der Waals surface area contributed by atoms with E-state index in [0.717, 1.165) is 25.2 Å². The van der Waals surface area contributed by atoms with Gasteiger partial charge in [-0.2, -0.15) is 9.97 Å². The van der Waals surface area contributed by atoms with Crippen LogP contribution in [-0.2, 0) is 11.3 Å². The minimum absolute atomic E-state index is 0.140. The van der Waals surface area contributed by atoms with Crippen LogP contribution in [0.1, 0.15) is 82.0 Å². The second-order valence-electron chi connectivity index (χ2n) is 6.42. The second kappa shape index (κ2) is 7.40. The van der Waals surface area contributed by atoms with E-state index in [1.54, 1.807) is 0 Å². The zero-order chi connectivity index (χ0) is 17.1. The Bertz CT molecular complexity index is 654. The van der Waals surface area contributed by atoms with Crippen LogP contribution in [0.25, 0.3) is 0 Å². The van der Waals surface area contributed by atoms with Crippen LogP contribution in [0.3, 0.4) is 0 Å². The van der Waals surface area contributed by atoms with E-state index in [1.165, 1.54) is 0 Å². The maximum absolute atomic E-state index is 5.50. The Hall–Kier alpha value is -1.80. The highest BCUT2D eigenvalue weighted by Crippen LogP contribution is 2.32. The number of hydrogen-bond donors (Lipinski definition) is 0. The van der Waals surface area contributed by atoms with Gasteiger partial charge in [0, 0.05) is 12.5 Å². The SMILES string of the molecule is CCO[C@H](C)c1noc(CN2CCC[C@@H]2c2noc(C(C)C)n2)n1. The molecule has 2 aromatic heterocycles. The van der Waals surface area contributed by atoms with Gasteiger partial charge in [-0.3, -0.25) is 4.90 Å². The van der Waals surface area contributed by atoms with Crippen molar-refractivity contribution >= 4 is 0 Å². The summed E-state index contributed by atoms with van der Waals surface area (Å²) in [5, 5.41) is 8.17. The smallest absolute Gasteiger partial charge is 0.240 e. The predicted octanol–water partition coefficient (Wildman–Crippen LogP) is 3.01. The van der Waals surface area contributed by atoms with Crippen molar-refractivity contribution in [2.75, 3.05) is 13.2 Å². The molecule has 0 amide bonds. The molecule has 0 radical (unpaired) electrons. The Morgan fingerprint density at radius 2 is 2.04 bits per heavy atom. The van der Waals surface area contributed by atoms with E-state index < -0.39 is 0 Å². The third-order valence-electron chi connectivity index (χ3n) is 4.22. The molecule has 0 spiro atoms. The first-order valence-electron chi connectivity index (χ1n) is 8.60. The molecule has 2 aromatic rings. The van der Waals surface area contributed by atoms with E-state index in [-0.39, 0.29) is 18.1 Å². The van der Waals surface area contributed by atoms with Crippen LogP contribution in [0.4, 0.5) is 0 Å². The fourth-order valence-corrected chi connectivity index (χ4v) is 2.92. The monoisotopic (exact) mass is 335 g/mol. The summed E-state index contributed by atoms with van der Waals surface area (Å²) in [5.74, 6) is 2.85. The van der Waals surface area contributed by atoms with E-state index in [4.69, 9.17) is 13.8 Å². The number of hydrogen-bond acceptors (Lipinski definition) is 8. The number of ether oxygens (including phenoxy) is 1. The van der Waals surface area contributed by atoms with E-state index in [2.05, 4.69) is 25.2 Å². The molecule has 0 saturated carbocycles. The molecule has 132 valence electrons. The van der Waals surface area contributed by atoms with Crippen LogP contribution in [-0.4, -0.2) is 38.3 Å². The van der Waals surface area contributed by atoms with Crippen molar-refractivity contribution in [2.24, 2.45) is 0 Å². The molecule has 0 N–H and O–H groups in total. The summed E-state index contributed by atoms with van der Waals surface area (Å²) >= 11 is 0. The minimum atomic E-state index is -0.160. The van der Waals surface area contributed by atoms with Gasteiger partial charge in [0.15, 0.2) is 11.6 Å². The summed E-state index contributed by atoms with van der Waals surface area (Å²) in [5.41, 5.74) is 0. The molecular formula is C16H25N5O3. The molecule has 3 heterocycles. The molecule has 1 aliphatic rings. The summed E-state index contributed by atoms with van der Waals surface area (Å²) in [6.07, 6.45) is 1.94. The lowest BCUT2D eigenvalue weighted by Gasteiger charge is -2.19. The molecule has 0 aromatic carbocycles. The average Bonchev–Trinajstić information content (AvgIpc) is 3.27. The van der Waals surface area contributed by atoms with Gasteiger partial charge in [0.1, 0.15) is 6.10 Å². The molecule has 1 fully saturated rings. The van der Waals surface area contributed by atoms with Gasteiger partial charge in [-0.05, 0) is 33.2 Å². The molecule has 0 bridgehead atoms. The Labute approximate surface area is 141 Å². The van der Waals surface area contributed by atoms with Crippen molar-refractivity contribution in [1.82, 2.24) is 25.2 Å². The van der Waals surface area contributed by atoms with E-state index in [0.29, 0.717) is 30.8 Å². The largest absolute Gasteiger partial charge is 0.371 e. The van der Waals surface area contributed by atoms with Crippen molar-refractivity contribution in [3.63, 3.8) is 0 Å². The number of nitrogens with zero attached hydrogens (tertiary/aromatic N) is 5. The molecule has 8 nitrogen and oxygen atoms in total. The first kappa shape index (κ1) is 17.0. The predicted molar refractivity (Wildman–Crippen MR) is 85.1 cm³/mol. The molecule has 2 atom stereocenters. The quantitative estimate of drug-likeness (QED) is 0.762. The van der Waals surface area contributed by atoms with Crippen molar-refractivity contribution in [3.05, 3.63) is 23.4 Å². The maximum Gasteiger partial charge on any atom is 0.240 e. The van der Waals surface area contributed by atoms with Crippen LogP contribution in [0.2, 0.25) is 0 Å². The molecule has 0 unspecified atom stereocenters. The van der Waals surface area contributed by atoms with Gasteiger partial charge in [-0.1, -0.05) is 24.2 Å². The first-order valence-corrected chi connectivity index (χ1v) is 8.60. The molecule has 1 aliphatic heterocycles. The molecule has 3 rings (SSSR count). The van der Waals surface area contributed by atoms with Crippen molar-refractivity contribution < 1.29 is 13.8 Å².